The number of benzene rings is 2. The van der Waals surface area contributed by atoms with E-state index in [1.807, 2.05) is 4.90 Å². The number of fused-ring (bicyclic) bond motifs is 1. The van der Waals surface area contributed by atoms with Crippen molar-refractivity contribution >= 4 is 17.7 Å². The van der Waals surface area contributed by atoms with Gasteiger partial charge in [-0.3, -0.25) is 9.69 Å². The second-order valence-corrected chi connectivity index (χ2v) is 8.17. The second kappa shape index (κ2) is 7.85. The number of thioether (sulfide) groups is 1. The van der Waals surface area contributed by atoms with Crippen molar-refractivity contribution in [3.8, 4) is 0 Å². The van der Waals surface area contributed by atoms with E-state index < -0.39 is 0 Å². The Hall–Kier alpha value is -1.78. The van der Waals surface area contributed by atoms with Crippen LogP contribution in [0.15, 0.2) is 53.4 Å². The molecule has 2 aliphatic rings. The van der Waals surface area contributed by atoms with Crippen LogP contribution in [0.2, 0.25) is 0 Å². The normalized spacial score (nSPS) is 17.7. The van der Waals surface area contributed by atoms with Crippen LogP contribution in [0.5, 0.6) is 0 Å². The van der Waals surface area contributed by atoms with Crippen LogP contribution in [0, 0.1) is 0 Å². The van der Waals surface area contributed by atoms with Crippen molar-refractivity contribution < 1.29 is 4.79 Å². The van der Waals surface area contributed by atoms with Gasteiger partial charge in [0.1, 0.15) is 0 Å². The summed E-state index contributed by atoms with van der Waals surface area (Å²) in [6.45, 7) is 3.94. The van der Waals surface area contributed by atoms with Gasteiger partial charge in [-0.25, -0.2) is 0 Å². The zero-order valence-corrected chi connectivity index (χ0v) is 16.2. The second-order valence-electron chi connectivity index (χ2n) is 7.29. The van der Waals surface area contributed by atoms with Crippen LogP contribution in [0.4, 0.5) is 0 Å². The highest BCUT2D eigenvalue weighted by atomic mass is 32.2. The van der Waals surface area contributed by atoms with Crippen molar-refractivity contribution in [2.75, 3.05) is 25.9 Å². The first-order valence-corrected chi connectivity index (χ1v) is 10.7. The van der Waals surface area contributed by atoms with E-state index in [9.17, 15) is 4.79 Å². The maximum Gasteiger partial charge on any atom is 0.223 e. The Morgan fingerprint density at radius 2 is 1.81 bits per heavy atom. The van der Waals surface area contributed by atoms with Crippen LogP contribution in [-0.2, 0) is 24.2 Å². The summed E-state index contributed by atoms with van der Waals surface area (Å²) < 4.78 is 0. The molecule has 3 nitrogen and oxygen atoms in total. The molecule has 1 saturated heterocycles. The molecule has 0 saturated carbocycles. The molecule has 136 valence electrons. The first kappa shape index (κ1) is 17.6. The standard InChI is InChI=1S/C22H26N2OS/c1-26-21-9-6-17(7-10-21)8-11-22(25)24-15-20(16-24)23-13-12-18-4-2-3-5-19(18)14-23/h2-7,9-10,20H,8,11-16H2,1H3. The Kier molecular flexibility index (Phi) is 5.32. The molecule has 0 aliphatic carbocycles. The molecule has 0 N–H and O–H groups in total. The van der Waals surface area contributed by atoms with Gasteiger partial charge in [0.25, 0.3) is 0 Å². The number of rotatable bonds is 5. The predicted octanol–water partition coefficient (Wildman–Crippen LogP) is 3.61. The molecule has 0 aromatic heterocycles. The lowest BCUT2D eigenvalue weighted by Gasteiger charge is -2.47. The molecule has 1 amide bonds. The van der Waals surface area contributed by atoms with Gasteiger partial charge in [-0.05, 0) is 47.9 Å². The third-order valence-corrected chi connectivity index (χ3v) is 6.42. The minimum absolute atomic E-state index is 0.299. The summed E-state index contributed by atoms with van der Waals surface area (Å²) >= 11 is 1.75. The minimum atomic E-state index is 0.299. The van der Waals surface area contributed by atoms with Crippen LogP contribution in [-0.4, -0.2) is 47.6 Å². The Labute approximate surface area is 160 Å². The molecule has 26 heavy (non-hydrogen) atoms. The fraction of sp³-hybridized carbons (Fsp3) is 0.409. The van der Waals surface area contributed by atoms with Crippen molar-refractivity contribution in [2.45, 2.75) is 36.7 Å². The highest BCUT2D eigenvalue weighted by Crippen LogP contribution is 2.25. The zero-order chi connectivity index (χ0) is 17.9. The van der Waals surface area contributed by atoms with Gasteiger partial charge >= 0.3 is 0 Å². The molecule has 0 spiro atoms. The highest BCUT2D eigenvalue weighted by molar-refractivity contribution is 7.98. The van der Waals surface area contributed by atoms with Crippen molar-refractivity contribution in [3.05, 3.63) is 65.2 Å². The predicted molar refractivity (Wildman–Crippen MR) is 107 cm³/mol. The molecular weight excluding hydrogens is 340 g/mol. The monoisotopic (exact) mass is 366 g/mol. The van der Waals surface area contributed by atoms with E-state index in [0.29, 0.717) is 18.4 Å². The highest BCUT2D eigenvalue weighted by Gasteiger charge is 2.35. The largest absolute Gasteiger partial charge is 0.339 e. The number of carbonyl (C=O) groups is 1. The molecule has 2 aromatic rings. The molecule has 0 atom stereocenters. The minimum Gasteiger partial charge on any atom is -0.339 e. The maximum absolute atomic E-state index is 12.5. The molecule has 0 unspecified atom stereocenters. The van der Waals surface area contributed by atoms with Crippen molar-refractivity contribution in [2.24, 2.45) is 0 Å². The Balaban J connectivity index is 1.23. The summed E-state index contributed by atoms with van der Waals surface area (Å²) in [5, 5.41) is 0. The van der Waals surface area contributed by atoms with E-state index >= 15 is 0 Å². The van der Waals surface area contributed by atoms with Crippen LogP contribution in [0.25, 0.3) is 0 Å². The van der Waals surface area contributed by atoms with Gasteiger partial charge in [0, 0.05) is 43.5 Å². The van der Waals surface area contributed by atoms with Gasteiger partial charge in [0.05, 0.1) is 0 Å². The lowest BCUT2D eigenvalue weighted by molar-refractivity contribution is -0.138. The average Bonchev–Trinajstić information content (AvgIpc) is 2.65. The van der Waals surface area contributed by atoms with Crippen molar-refractivity contribution in [1.29, 1.82) is 0 Å². The summed E-state index contributed by atoms with van der Waals surface area (Å²) in [7, 11) is 0. The smallest absolute Gasteiger partial charge is 0.223 e. The molecule has 1 fully saturated rings. The topological polar surface area (TPSA) is 23.6 Å². The van der Waals surface area contributed by atoms with E-state index in [0.717, 1.165) is 39.0 Å². The van der Waals surface area contributed by atoms with E-state index in [1.165, 1.54) is 21.6 Å². The van der Waals surface area contributed by atoms with Crippen LogP contribution in [0.1, 0.15) is 23.1 Å². The van der Waals surface area contributed by atoms with Crippen LogP contribution < -0.4 is 0 Å². The summed E-state index contributed by atoms with van der Waals surface area (Å²) in [5.41, 5.74) is 4.20. The third-order valence-electron chi connectivity index (χ3n) is 5.68. The molecule has 4 rings (SSSR count). The van der Waals surface area contributed by atoms with Crippen molar-refractivity contribution in [3.63, 3.8) is 0 Å². The number of hydrogen-bond donors (Lipinski definition) is 0. The number of carbonyl (C=O) groups excluding carboxylic acids is 1. The van der Waals surface area contributed by atoms with Gasteiger partial charge in [-0.2, -0.15) is 0 Å². The molecule has 2 heterocycles. The fourth-order valence-electron chi connectivity index (χ4n) is 3.92. The molecule has 0 bridgehead atoms. The molecule has 0 radical (unpaired) electrons. The lowest BCUT2D eigenvalue weighted by atomic mass is 9.96. The SMILES string of the molecule is CSc1ccc(CCC(=O)N2CC(N3CCc4ccccc4C3)C2)cc1. The fourth-order valence-corrected chi connectivity index (χ4v) is 4.33. The first-order valence-electron chi connectivity index (χ1n) is 9.44. The van der Waals surface area contributed by atoms with Gasteiger partial charge in [-0.1, -0.05) is 36.4 Å². The van der Waals surface area contributed by atoms with Gasteiger partial charge < -0.3 is 4.90 Å². The number of aryl methyl sites for hydroxylation is 1. The lowest BCUT2D eigenvalue weighted by Crippen LogP contribution is -2.61. The van der Waals surface area contributed by atoms with Gasteiger partial charge in [0.2, 0.25) is 5.91 Å². The van der Waals surface area contributed by atoms with E-state index in [2.05, 4.69) is 59.7 Å². The number of amides is 1. The summed E-state index contributed by atoms with van der Waals surface area (Å²) in [5.74, 6) is 0.299. The van der Waals surface area contributed by atoms with E-state index in [-0.39, 0.29) is 0 Å². The van der Waals surface area contributed by atoms with Gasteiger partial charge in [0.15, 0.2) is 0 Å². The quantitative estimate of drug-likeness (QED) is 0.755. The van der Waals surface area contributed by atoms with E-state index in [4.69, 9.17) is 0 Å². The molecule has 2 aromatic carbocycles. The molecule has 4 heteroatoms. The number of hydrogen-bond acceptors (Lipinski definition) is 3. The maximum atomic E-state index is 12.5. The average molecular weight is 367 g/mol. The Morgan fingerprint density at radius 1 is 1.08 bits per heavy atom. The summed E-state index contributed by atoms with van der Waals surface area (Å²) in [6, 6.07) is 17.8. The molecular formula is C22H26N2OS. The van der Waals surface area contributed by atoms with Crippen LogP contribution >= 0.6 is 11.8 Å². The number of nitrogens with zero attached hydrogens (tertiary/aromatic N) is 2. The summed E-state index contributed by atoms with van der Waals surface area (Å²) in [6.07, 6.45) is 4.67. The Bertz CT molecular complexity index is 768. The molecule has 2 aliphatic heterocycles. The number of likely N-dealkylation sites (tertiary alicyclic amines) is 1. The zero-order valence-electron chi connectivity index (χ0n) is 15.4. The van der Waals surface area contributed by atoms with E-state index in [1.54, 1.807) is 11.8 Å². The van der Waals surface area contributed by atoms with Gasteiger partial charge in [-0.15, -0.1) is 11.8 Å². The Morgan fingerprint density at radius 3 is 2.54 bits per heavy atom. The first-order chi connectivity index (χ1) is 12.7. The van der Waals surface area contributed by atoms with Crippen LogP contribution in [0.3, 0.4) is 0 Å². The third kappa shape index (κ3) is 3.81. The summed E-state index contributed by atoms with van der Waals surface area (Å²) in [4.78, 5) is 18.3. The van der Waals surface area contributed by atoms with Crippen molar-refractivity contribution in [1.82, 2.24) is 9.80 Å².